The number of ether oxygens (including phenoxy) is 1. The summed E-state index contributed by atoms with van der Waals surface area (Å²) in [7, 11) is 0. The molecule has 3 amide bonds. The van der Waals surface area contributed by atoms with Gasteiger partial charge >= 0.3 is 12.0 Å². The van der Waals surface area contributed by atoms with Gasteiger partial charge in [0, 0.05) is 11.6 Å². The topological polar surface area (TPSA) is 96.5 Å². The lowest BCUT2D eigenvalue weighted by atomic mass is 9.74. The molecule has 3 N–H and O–H groups in total. The molecule has 0 radical (unpaired) electrons. The number of esters is 1. The third-order valence-electron chi connectivity index (χ3n) is 4.93. The van der Waals surface area contributed by atoms with Crippen molar-refractivity contribution >= 4 is 17.9 Å². The van der Waals surface area contributed by atoms with Gasteiger partial charge in [0.2, 0.25) is 5.91 Å². The number of allylic oxidation sites excluding steroid dienone is 1. The number of hydrogen-bond donors (Lipinski definition) is 3. The molecular weight excluding hydrogens is 346 g/mol. The van der Waals surface area contributed by atoms with Crippen LogP contribution in [0.3, 0.4) is 0 Å². The molecule has 1 saturated heterocycles. The van der Waals surface area contributed by atoms with E-state index in [4.69, 9.17) is 4.74 Å². The van der Waals surface area contributed by atoms with Crippen LogP contribution >= 0.6 is 0 Å². The Labute approximate surface area is 157 Å². The molecule has 1 fully saturated rings. The molecule has 0 spiro atoms. The summed E-state index contributed by atoms with van der Waals surface area (Å²) in [6.07, 6.45) is 1.78. The van der Waals surface area contributed by atoms with E-state index in [0.29, 0.717) is 11.3 Å². The van der Waals surface area contributed by atoms with Crippen molar-refractivity contribution in [2.24, 2.45) is 5.92 Å². The maximum Gasteiger partial charge on any atom is 0.336 e. The minimum absolute atomic E-state index is 0.0775. The van der Waals surface area contributed by atoms with Crippen LogP contribution in [0.25, 0.3) is 0 Å². The molecule has 2 heterocycles. The first-order valence-electron chi connectivity index (χ1n) is 8.91. The molecule has 142 valence electrons. The van der Waals surface area contributed by atoms with Crippen molar-refractivity contribution in [1.82, 2.24) is 16.0 Å². The summed E-state index contributed by atoms with van der Waals surface area (Å²) < 4.78 is 5.26. The zero-order valence-corrected chi connectivity index (χ0v) is 15.4. The van der Waals surface area contributed by atoms with Gasteiger partial charge < -0.3 is 15.4 Å². The number of nitrogens with one attached hydrogen (secondary N) is 3. The van der Waals surface area contributed by atoms with Crippen molar-refractivity contribution in [1.29, 1.82) is 0 Å². The van der Waals surface area contributed by atoms with Gasteiger partial charge in [-0.05, 0) is 24.5 Å². The third kappa shape index (κ3) is 3.58. The van der Waals surface area contributed by atoms with Crippen molar-refractivity contribution in [3.05, 3.63) is 59.3 Å². The van der Waals surface area contributed by atoms with E-state index in [2.05, 4.69) is 29.5 Å². The largest absolute Gasteiger partial charge is 0.458 e. The SMILES string of the molecule is C=CCOC(=O)C1=C(C)NC2NC(=O)NC(=O)C2C1c1ccc(CC)cc1. The number of hydrogen-bond acceptors (Lipinski definition) is 5. The van der Waals surface area contributed by atoms with E-state index in [1.165, 1.54) is 6.08 Å². The van der Waals surface area contributed by atoms with Crippen molar-refractivity contribution in [2.75, 3.05) is 6.61 Å². The van der Waals surface area contributed by atoms with Crippen molar-refractivity contribution < 1.29 is 19.1 Å². The Kier molecular flexibility index (Phi) is 5.30. The zero-order valence-electron chi connectivity index (χ0n) is 15.4. The number of rotatable bonds is 5. The van der Waals surface area contributed by atoms with Crippen molar-refractivity contribution in [3.8, 4) is 0 Å². The highest BCUT2D eigenvalue weighted by Crippen LogP contribution is 2.40. The van der Waals surface area contributed by atoms with Gasteiger partial charge in [0.05, 0.1) is 11.5 Å². The summed E-state index contributed by atoms with van der Waals surface area (Å²) in [4.78, 5) is 37.1. The van der Waals surface area contributed by atoms with E-state index in [9.17, 15) is 14.4 Å². The van der Waals surface area contributed by atoms with Crippen LogP contribution in [0.5, 0.6) is 0 Å². The summed E-state index contributed by atoms with van der Waals surface area (Å²) in [5.74, 6) is -2.15. The van der Waals surface area contributed by atoms with E-state index in [1.807, 2.05) is 24.3 Å². The highest BCUT2D eigenvalue weighted by atomic mass is 16.5. The maximum absolute atomic E-state index is 12.7. The highest BCUT2D eigenvalue weighted by molar-refractivity contribution is 6.01. The second-order valence-electron chi connectivity index (χ2n) is 6.61. The number of urea groups is 1. The standard InChI is InChI=1S/C20H23N3O4/c1-4-10-27-19(25)14-11(3)21-17-16(18(24)23-20(26)22-17)15(14)13-8-6-12(5-2)7-9-13/h4,6-9,15-17,21H,1,5,10H2,2-3H3,(H2,22,23,24,26). The Morgan fingerprint density at radius 2 is 1.93 bits per heavy atom. The lowest BCUT2D eigenvalue weighted by Crippen LogP contribution is -2.66. The molecule has 3 unspecified atom stereocenters. The lowest BCUT2D eigenvalue weighted by Gasteiger charge is -2.42. The van der Waals surface area contributed by atoms with Crippen LogP contribution in [-0.4, -0.2) is 30.7 Å². The van der Waals surface area contributed by atoms with E-state index in [-0.39, 0.29) is 6.61 Å². The normalized spacial score (nSPS) is 24.3. The molecule has 0 saturated carbocycles. The molecule has 1 aromatic carbocycles. The molecule has 7 heteroatoms. The van der Waals surface area contributed by atoms with Gasteiger partial charge in [-0.3, -0.25) is 10.1 Å². The molecule has 27 heavy (non-hydrogen) atoms. The van der Waals surface area contributed by atoms with Crippen LogP contribution in [0.4, 0.5) is 4.79 Å². The second kappa shape index (κ2) is 7.65. The molecule has 2 aliphatic rings. The molecule has 0 aromatic heterocycles. The first kappa shape index (κ1) is 18.7. The minimum atomic E-state index is -0.676. The van der Waals surface area contributed by atoms with E-state index < -0.39 is 35.9 Å². The number of imide groups is 1. The number of aryl methyl sites for hydroxylation is 1. The predicted molar refractivity (Wildman–Crippen MR) is 99.5 cm³/mol. The Bertz CT molecular complexity index is 813. The maximum atomic E-state index is 12.7. The number of fused-ring (bicyclic) bond motifs is 1. The summed E-state index contributed by atoms with van der Waals surface area (Å²) in [6, 6.07) is 7.24. The third-order valence-corrected chi connectivity index (χ3v) is 4.93. The van der Waals surface area contributed by atoms with Gasteiger partial charge in [0.1, 0.15) is 12.8 Å². The van der Waals surface area contributed by atoms with Crippen LogP contribution in [0.1, 0.15) is 30.9 Å². The first-order valence-corrected chi connectivity index (χ1v) is 8.91. The van der Waals surface area contributed by atoms with Gasteiger partial charge in [-0.2, -0.15) is 0 Å². The second-order valence-corrected chi connectivity index (χ2v) is 6.61. The Hall–Kier alpha value is -3.09. The van der Waals surface area contributed by atoms with Crippen LogP contribution in [0.2, 0.25) is 0 Å². The van der Waals surface area contributed by atoms with E-state index in [0.717, 1.165) is 17.5 Å². The molecule has 0 aliphatic carbocycles. The number of amides is 3. The van der Waals surface area contributed by atoms with Gasteiger partial charge in [-0.1, -0.05) is 43.8 Å². The van der Waals surface area contributed by atoms with Crippen LogP contribution in [-0.2, 0) is 20.7 Å². The number of benzene rings is 1. The molecule has 0 bridgehead atoms. The smallest absolute Gasteiger partial charge is 0.336 e. The molecule has 7 nitrogen and oxygen atoms in total. The Morgan fingerprint density at radius 1 is 1.22 bits per heavy atom. The van der Waals surface area contributed by atoms with Gasteiger partial charge in [-0.15, -0.1) is 0 Å². The monoisotopic (exact) mass is 369 g/mol. The summed E-state index contributed by atoms with van der Waals surface area (Å²) in [5, 5.41) is 8.09. The van der Waals surface area contributed by atoms with E-state index >= 15 is 0 Å². The van der Waals surface area contributed by atoms with Crippen LogP contribution in [0.15, 0.2) is 48.2 Å². The summed E-state index contributed by atoms with van der Waals surface area (Å²) in [6.45, 7) is 7.44. The molecule has 1 aromatic rings. The average Bonchev–Trinajstić information content (AvgIpc) is 2.64. The number of carbonyl (C=O) groups excluding carboxylic acids is 3. The number of carbonyl (C=O) groups is 3. The summed E-state index contributed by atoms with van der Waals surface area (Å²) in [5.41, 5.74) is 2.93. The minimum Gasteiger partial charge on any atom is -0.458 e. The van der Waals surface area contributed by atoms with Crippen molar-refractivity contribution in [3.63, 3.8) is 0 Å². The summed E-state index contributed by atoms with van der Waals surface area (Å²) >= 11 is 0. The fraction of sp³-hybridized carbons (Fsp3) is 0.350. The fourth-order valence-electron chi connectivity index (χ4n) is 3.63. The molecule has 2 aliphatic heterocycles. The zero-order chi connectivity index (χ0) is 19.6. The highest BCUT2D eigenvalue weighted by Gasteiger charge is 2.48. The quantitative estimate of drug-likeness (QED) is 0.542. The fourth-order valence-corrected chi connectivity index (χ4v) is 3.63. The molecular formula is C20H23N3O4. The van der Waals surface area contributed by atoms with Crippen LogP contribution < -0.4 is 16.0 Å². The Morgan fingerprint density at radius 3 is 2.56 bits per heavy atom. The van der Waals surface area contributed by atoms with Crippen molar-refractivity contribution in [2.45, 2.75) is 32.4 Å². The predicted octanol–water partition coefficient (Wildman–Crippen LogP) is 1.72. The van der Waals surface area contributed by atoms with Gasteiger partial charge in [0.15, 0.2) is 0 Å². The Balaban J connectivity index is 2.08. The van der Waals surface area contributed by atoms with E-state index in [1.54, 1.807) is 6.92 Å². The average molecular weight is 369 g/mol. The molecule has 3 rings (SSSR count). The first-order chi connectivity index (χ1) is 13.0. The van der Waals surface area contributed by atoms with Gasteiger partial charge in [-0.25, -0.2) is 9.59 Å². The molecule has 3 atom stereocenters. The van der Waals surface area contributed by atoms with Gasteiger partial charge in [0.25, 0.3) is 0 Å². The lowest BCUT2D eigenvalue weighted by molar-refractivity contribution is -0.139. The van der Waals surface area contributed by atoms with Crippen LogP contribution in [0, 0.1) is 5.92 Å².